The number of hydrogen-bond acceptors (Lipinski definition) is 7. The summed E-state index contributed by atoms with van der Waals surface area (Å²) in [6.07, 6.45) is 0. The molecule has 2 aromatic carbocycles. The molecule has 3 heterocycles. The highest BCUT2D eigenvalue weighted by atomic mass is 32.2. The third-order valence-electron chi connectivity index (χ3n) is 7.24. The maximum atomic E-state index is 13.9. The zero-order valence-electron chi connectivity index (χ0n) is 20.9. The van der Waals surface area contributed by atoms with Crippen molar-refractivity contribution < 1.29 is 22.7 Å². The first-order chi connectivity index (χ1) is 17.9. The van der Waals surface area contributed by atoms with E-state index >= 15 is 0 Å². The molecule has 2 atom stereocenters. The second kappa shape index (κ2) is 10.7. The zero-order chi connectivity index (χ0) is 26.0. The summed E-state index contributed by atoms with van der Waals surface area (Å²) in [6.45, 7) is 2.87. The number of hydrogen-bond donors (Lipinski definition) is 0. The summed E-state index contributed by atoms with van der Waals surface area (Å²) >= 11 is 1.21. The second-order valence-corrected chi connectivity index (χ2v) is 12.3. The fourth-order valence-corrected chi connectivity index (χ4v) is 7.87. The van der Waals surface area contributed by atoms with Crippen LogP contribution >= 0.6 is 11.3 Å². The van der Waals surface area contributed by atoms with Crippen LogP contribution in [0.1, 0.15) is 11.5 Å². The standard InChI is InChI=1S/C27H31N3O5S2/c1-34-21-10-11-25(35-2)24(17-21)28-12-14-29(15-13-28)27(31)23-19-30(37(32,33)26-9-6-16-36-26)18-22(23)20-7-4-3-5-8-20/h3-11,16-17,22-23H,12-15,18-19H2,1-2H3/t22-,23+/m0/s1. The predicted octanol–water partition coefficient (Wildman–Crippen LogP) is 3.52. The van der Waals surface area contributed by atoms with E-state index in [9.17, 15) is 13.2 Å². The van der Waals surface area contributed by atoms with Gasteiger partial charge in [0.15, 0.2) is 0 Å². The van der Waals surface area contributed by atoms with E-state index < -0.39 is 15.9 Å². The number of piperazine rings is 1. The molecule has 196 valence electrons. The maximum absolute atomic E-state index is 13.9. The number of amides is 1. The molecule has 2 saturated heterocycles. The molecule has 1 amide bonds. The molecule has 2 fully saturated rings. The molecule has 2 aliphatic heterocycles. The third kappa shape index (κ3) is 5.05. The summed E-state index contributed by atoms with van der Waals surface area (Å²) in [6, 6.07) is 18.8. The quantitative estimate of drug-likeness (QED) is 0.456. The number of ether oxygens (including phenoxy) is 2. The Morgan fingerprint density at radius 3 is 2.32 bits per heavy atom. The van der Waals surface area contributed by atoms with Crippen molar-refractivity contribution in [2.45, 2.75) is 10.1 Å². The SMILES string of the molecule is COc1ccc(OC)c(N2CCN(C(=O)[C@@H]3CN(S(=O)(=O)c4cccs4)C[C@H]3c3ccccc3)CC2)c1. The van der Waals surface area contributed by atoms with Gasteiger partial charge in [-0.25, -0.2) is 8.42 Å². The van der Waals surface area contributed by atoms with Crippen molar-refractivity contribution in [3.63, 3.8) is 0 Å². The minimum absolute atomic E-state index is 0.00925. The van der Waals surface area contributed by atoms with Gasteiger partial charge in [0, 0.05) is 51.3 Å². The largest absolute Gasteiger partial charge is 0.497 e. The molecule has 0 radical (unpaired) electrons. The minimum Gasteiger partial charge on any atom is -0.497 e. The van der Waals surface area contributed by atoms with E-state index in [-0.39, 0.29) is 18.4 Å². The second-order valence-electron chi connectivity index (χ2n) is 9.23. The van der Waals surface area contributed by atoms with Crippen LogP contribution in [-0.2, 0) is 14.8 Å². The first-order valence-corrected chi connectivity index (χ1v) is 14.6. The molecular weight excluding hydrogens is 510 g/mol. The Balaban J connectivity index is 1.34. The van der Waals surface area contributed by atoms with E-state index in [1.807, 2.05) is 53.4 Å². The molecule has 2 aliphatic rings. The van der Waals surface area contributed by atoms with E-state index in [4.69, 9.17) is 9.47 Å². The first kappa shape index (κ1) is 25.6. The molecule has 0 bridgehead atoms. The molecule has 8 nitrogen and oxygen atoms in total. The van der Waals surface area contributed by atoms with Crippen molar-refractivity contribution >= 4 is 33.0 Å². The summed E-state index contributed by atoms with van der Waals surface area (Å²) in [5.41, 5.74) is 1.93. The van der Waals surface area contributed by atoms with Crippen LogP contribution in [-0.4, -0.2) is 77.0 Å². The van der Waals surface area contributed by atoms with Crippen molar-refractivity contribution in [1.29, 1.82) is 0 Å². The average Bonchev–Trinajstić information content (AvgIpc) is 3.65. The lowest BCUT2D eigenvalue weighted by atomic mass is 9.88. The molecule has 0 saturated carbocycles. The van der Waals surface area contributed by atoms with Crippen molar-refractivity contribution in [3.05, 3.63) is 71.6 Å². The van der Waals surface area contributed by atoms with Gasteiger partial charge in [-0.05, 0) is 29.1 Å². The molecule has 0 N–H and O–H groups in total. The van der Waals surface area contributed by atoms with Gasteiger partial charge in [-0.15, -0.1) is 11.3 Å². The van der Waals surface area contributed by atoms with E-state index in [0.29, 0.717) is 36.9 Å². The van der Waals surface area contributed by atoms with E-state index in [1.54, 1.807) is 31.7 Å². The van der Waals surface area contributed by atoms with Crippen molar-refractivity contribution in [2.24, 2.45) is 5.92 Å². The molecule has 0 aliphatic carbocycles. The number of sulfonamides is 1. The lowest BCUT2D eigenvalue weighted by molar-refractivity contribution is -0.135. The number of anilines is 1. The Morgan fingerprint density at radius 2 is 1.68 bits per heavy atom. The zero-order valence-corrected chi connectivity index (χ0v) is 22.6. The van der Waals surface area contributed by atoms with Gasteiger partial charge in [0.2, 0.25) is 5.91 Å². The summed E-state index contributed by atoms with van der Waals surface area (Å²) < 4.78 is 39.4. The van der Waals surface area contributed by atoms with Gasteiger partial charge in [0.05, 0.1) is 25.8 Å². The molecule has 1 aromatic heterocycles. The van der Waals surface area contributed by atoms with Crippen molar-refractivity contribution in [1.82, 2.24) is 9.21 Å². The number of nitrogens with zero attached hydrogens (tertiary/aromatic N) is 3. The van der Waals surface area contributed by atoms with Crippen LogP contribution in [0.25, 0.3) is 0 Å². The topological polar surface area (TPSA) is 79.4 Å². The predicted molar refractivity (Wildman–Crippen MR) is 144 cm³/mol. The molecule has 37 heavy (non-hydrogen) atoms. The average molecular weight is 542 g/mol. The monoisotopic (exact) mass is 541 g/mol. The molecule has 10 heteroatoms. The van der Waals surface area contributed by atoms with E-state index in [2.05, 4.69) is 4.90 Å². The normalized spacial score (nSPS) is 20.7. The molecule has 5 rings (SSSR count). The van der Waals surface area contributed by atoms with Crippen LogP contribution in [0.5, 0.6) is 11.5 Å². The highest BCUT2D eigenvalue weighted by molar-refractivity contribution is 7.91. The third-order valence-corrected chi connectivity index (χ3v) is 10.4. The Kier molecular flexibility index (Phi) is 7.41. The number of benzene rings is 2. The maximum Gasteiger partial charge on any atom is 0.252 e. The number of rotatable bonds is 7. The number of thiophene rings is 1. The molecule has 0 spiro atoms. The fraction of sp³-hybridized carbons (Fsp3) is 0.370. The summed E-state index contributed by atoms with van der Waals surface area (Å²) in [4.78, 5) is 17.9. The van der Waals surface area contributed by atoms with Crippen LogP contribution in [0.4, 0.5) is 5.69 Å². The van der Waals surface area contributed by atoms with Crippen LogP contribution < -0.4 is 14.4 Å². The summed E-state index contributed by atoms with van der Waals surface area (Å²) in [5.74, 6) is 0.887. The minimum atomic E-state index is -3.65. The number of carbonyl (C=O) groups excluding carboxylic acids is 1. The Morgan fingerprint density at radius 1 is 0.919 bits per heavy atom. The van der Waals surface area contributed by atoms with Crippen LogP contribution in [0, 0.1) is 5.92 Å². The van der Waals surface area contributed by atoms with Crippen LogP contribution in [0.2, 0.25) is 0 Å². The number of methoxy groups -OCH3 is 2. The van der Waals surface area contributed by atoms with Gasteiger partial charge in [-0.2, -0.15) is 4.31 Å². The van der Waals surface area contributed by atoms with Gasteiger partial charge in [0.1, 0.15) is 15.7 Å². The summed E-state index contributed by atoms with van der Waals surface area (Å²) in [5, 5.41) is 1.76. The van der Waals surface area contributed by atoms with E-state index in [1.165, 1.54) is 15.6 Å². The Hall–Kier alpha value is -3.08. The summed E-state index contributed by atoms with van der Waals surface area (Å²) in [7, 11) is -0.368. The first-order valence-electron chi connectivity index (χ1n) is 12.3. The smallest absolute Gasteiger partial charge is 0.252 e. The fourth-order valence-electron chi connectivity index (χ4n) is 5.24. The van der Waals surface area contributed by atoms with Crippen LogP contribution in [0.15, 0.2) is 70.3 Å². The lowest BCUT2D eigenvalue weighted by Crippen LogP contribution is -2.51. The van der Waals surface area contributed by atoms with Gasteiger partial charge in [0.25, 0.3) is 10.0 Å². The molecular formula is C27H31N3O5S2. The van der Waals surface area contributed by atoms with Crippen LogP contribution in [0.3, 0.4) is 0 Å². The highest BCUT2D eigenvalue weighted by Gasteiger charge is 2.45. The van der Waals surface area contributed by atoms with E-state index in [0.717, 1.165) is 22.7 Å². The molecule has 0 unspecified atom stereocenters. The van der Waals surface area contributed by atoms with Crippen molar-refractivity contribution in [2.75, 3.05) is 58.4 Å². The lowest BCUT2D eigenvalue weighted by Gasteiger charge is -2.38. The van der Waals surface area contributed by atoms with Gasteiger partial charge in [-0.1, -0.05) is 36.4 Å². The van der Waals surface area contributed by atoms with Gasteiger partial charge < -0.3 is 19.3 Å². The Bertz CT molecular complexity index is 1320. The van der Waals surface area contributed by atoms with Crippen molar-refractivity contribution in [3.8, 4) is 11.5 Å². The number of carbonyl (C=O) groups is 1. The molecule has 3 aromatic rings. The highest BCUT2D eigenvalue weighted by Crippen LogP contribution is 2.38. The Labute approximate surface area is 222 Å². The van der Waals surface area contributed by atoms with Gasteiger partial charge >= 0.3 is 0 Å². The van der Waals surface area contributed by atoms with Gasteiger partial charge in [-0.3, -0.25) is 4.79 Å².